The third kappa shape index (κ3) is 9.75. The van der Waals surface area contributed by atoms with Gasteiger partial charge in [-0.25, -0.2) is 0 Å². The molecule has 0 unspecified atom stereocenters. The molecule has 0 aliphatic carbocycles. The predicted molar refractivity (Wildman–Crippen MR) is 206 cm³/mol. The number of hydrogen-bond donors (Lipinski definition) is 5. The van der Waals surface area contributed by atoms with Gasteiger partial charge in [-0.05, 0) is 60.2 Å². The van der Waals surface area contributed by atoms with Crippen LogP contribution in [0.1, 0.15) is 61.9 Å². The molecular formula is C39H48N6O4S2. The summed E-state index contributed by atoms with van der Waals surface area (Å²) < 4.78 is 0. The molecule has 5 atom stereocenters. The smallest absolute Gasteiger partial charge is 0.247 e. The van der Waals surface area contributed by atoms with Crippen molar-refractivity contribution in [3.63, 3.8) is 0 Å². The molecule has 270 valence electrons. The Bertz CT molecular complexity index is 1690. The first kappa shape index (κ1) is 38.0. The first-order valence-corrected chi connectivity index (χ1v) is 18.9. The van der Waals surface area contributed by atoms with E-state index in [1.54, 1.807) is 16.7 Å². The van der Waals surface area contributed by atoms with Crippen LogP contribution in [-0.2, 0) is 38.7 Å². The Hall–Kier alpha value is -4.26. The number of nitrogens with zero attached hydrogens (tertiary/aromatic N) is 1. The van der Waals surface area contributed by atoms with Crippen molar-refractivity contribution in [3.05, 3.63) is 107 Å². The van der Waals surface area contributed by atoms with Crippen molar-refractivity contribution in [2.45, 2.75) is 82.7 Å². The normalized spacial score (nSPS) is 20.7. The van der Waals surface area contributed by atoms with E-state index in [-0.39, 0.29) is 41.6 Å². The molecule has 0 spiro atoms. The molecule has 10 nitrogen and oxygen atoms in total. The van der Waals surface area contributed by atoms with Gasteiger partial charge in [-0.2, -0.15) is 0 Å². The minimum atomic E-state index is -0.972. The minimum absolute atomic E-state index is 0.0539. The Labute approximate surface area is 310 Å². The second-order valence-electron chi connectivity index (χ2n) is 13.9. The number of rotatable bonds is 13. The molecule has 51 heavy (non-hydrogen) atoms. The van der Waals surface area contributed by atoms with E-state index in [0.29, 0.717) is 36.4 Å². The van der Waals surface area contributed by atoms with Gasteiger partial charge < -0.3 is 31.5 Å². The molecule has 0 radical (unpaired) electrons. The Balaban J connectivity index is 1.24. The van der Waals surface area contributed by atoms with E-state index in [1.807, 2.05) is 113 Å². The number of fused-ring (bicyclic) bond motifs is 1. The van der Waals surface area contributed by atoms with Gasteiger partial charge in [0.05, 0.1) is 22.8 Å². The fourth-order valence-corrected chi connectivity index (χ4v) is 8.39. The Morgan fingerprint density at radius 2 is 1.51 bits per heavy atom. The molecule has 12 heteroatoms. The highest BCUT2D eigenvalue weighted by molar-refractivity contribution is 7.99. The maximum atomic E-state index is 14.3. The van der Waals surface area contributed by atoms with Crippen molar-refractivity contribution in [2.75, 3.05) is 12.8 Å². The van der Waals surface area contributed by atoms with Gasteiger partial charge in [0.25, 0.3) is 0 Å². The second-order valence-corrected chi connectivity index (χ2v) is 15.6. The number of carbonyl (C=O) groups is 4. The zero-order valence-electron chi connectivity index (χ0n) is 29.6. The molecular weight excluding hydrogens is 681 g/mol. The maximum Gasteiger partial charge on any atom is 0.247 e. The summed E-state index contributed by atoms with van der Waals surface area (Å²) >= 11 is 7.24. The number of hydrogen-bond acceptors (Lipinski definition) is 7. The molecule has 2 fully saturated rings. The molecule has 4 amide bonds. The molecule has 5 N–H and O–H groups in total. The van der Waals surface area contributed by atoms with Crippen molar-refractivity contribution in [1.29, 1.82) is 0 Å². The zero-order valence-corrected chi connectivity index (χ0v) is 31.2. The van der Waals surface area contributed by atoms with Gasteiger partial charge in [0.1, 0.15) is 18.1 Å². The van der Waals surface area contributed by atoms with Crippen molar-refractivity contribution in [1.82, 2.24) is 31.5 Å². The summed E-state index contributed by atoms with van der Waals surface area (Å²) in [5, 5.41) is 15.2. The minimum Gasteiger partial charge on any atom is -0.367 e. The fourth-order valence-electron chi connectivity index (χ4n) is 6.56. The standard InChI is InChI=1S/C39H48N6O4S2/c1-25(40-4)37(50)43-30-19-20-51-32-22-39(2,3)34(45(32)38(30)49)36(48)44-33(29-13-9-6-10-14-29)35(47)42-24-28-17-15-27(16-18-28)23-41-31(46)21-26-11-7-5-8-12-26/h5-18,25,30,32-34,40H,19-24H2,1-4H3,(H,41,46)(H,42,47)(H,43,50)(H,44,48)/t25-,30-,32-,33-,34+/m0/s1. The van der Waals surface area contributed by atoms with Gasteiger partial charge >= 0.3 is 0 Å². The van der Waals surface area contributed by atoms with E-state index in [4.69, 9.17) is 12.2 Å². The van der Waals surface area contributed by atoms with Crippen LogP contribution in [0.4, 0.5) is 0 Å². The summed E-state index contributed by atoms with van der Waals surface area (Å²) in [5.74, 6) is -0.180. The molecule has 2 aliphatic rings. The molecule has 0 bridgehead atoms. The Morgan fingerprint density at radius 1 is 0.902 bits per heavy atom. The topological polar surface area (TPSA) is 132 Å². The van der Waals surface area contributed by atoms with Crippen molar-refractivity contribution in [3.8, 4) is 0 Å². The lowest BCUT2D eigenvalue weighted by Gasteiger charge is -2.35. The fraction of sp³-hybridized carbons (Fsp3) is 0.410. The first-order valence-electron chi connectivity index (χ1n) is 17.4. The largest absolute Gasteiger partial charge is 0.367 e. The molecule has 2 aliphatic heterocycles. The summed E-state index contributed by atoms with van der Waals surface area (Å²) in [7, 11) is 1.82. The summed E-state index contributed by atoms with van der Waals surface area (Å²) in [4.78, 5) is 56.8. The lowest BCUT2D eigenvalue weighted by Crippen LogP contribution is -2.58. The second kappa shape index (κ2) is 17.3. The maximum absolute atomic E-state index is 14.3. The van der Waals surface area contributed by atoms with Crippen LogP contribution in [0.25, 0.3) is 0 Å². The number of benzene rings is 3. The van der Waals surface area contributed by atoms with Crippen LogP contribution in [0, 0.1) is 5.41 Å². The van der Waals surface area contributed by atoms with E-state index in [2.05, 4.69) is 26.6 Å². The van der Waals surface area contributed by atoms with Gasteiger partial charge in [0.15, 0.2) is 0 Å². The van der Waals surface area contributed by atoms with Gasteiger partial charge in [-0.15, -0.1) is 11.8 Å². The molecule has 2 saturated heterocycles. The van der Waals surface area contributed by atoms with Crippen LogP contribution < -0.4 is 26.6 Å². The van der Waals surface area contributed by atoms with Crippen molar-refractivity contribution in [2.24, 2.45) is 5.41 Å². The highest BCUT2D eigenvalue weighted by atomic mass is 32.2. The van der Waals surface area contributed by atoms with Gasteiger partial charge in [0.2, 0.25) is 23.6 Å². The lowest BCUT2D eigenvalue weighted by atomic mass is 9.83. The number of amides is 4. The SMILES string of the molecule is CN[C@@H](C)C(=S)N[C@H]1CCS[C@H]2CC(C)(C)[C@@H](C(=O)N[C@H](C(=O)NCc3ccc(CNC(=O)Cc4ccccc4)cc3)c3ccccc3)N2C1=O. The highest BCUT2D eigenvalue weighted by Crippen LogP contribution is 2.46. The van der Waals surface area contributed by atoms with Crippen molar-refractivity contribution >= 4 is 52.6 Å². The highest BCUT2D eigenvalue weighted by Gasteiger charge is 2.54. The molecule has 0 aromatic heterocycles. The van der Waals surface area contributed by atoms with Crippen LogP contribution in [0.3, 0.4) is 0 Å². The van der Waals surface area contributed by atoms with Gasteiger partial charge in [-0.3, -0.25) is 19.2 Å². The lowest BCUT2D eigenvalue weighted by molar-refractivity contribution is -0.143. The van der Waals surface area contributed by atoms with Gasteiger partial charge in [0, 0.05) is 13.1 Å². The summed E-state index contributed by atoms with van der Waals surface area (Å²) in [5.41, 5.74) is 2.88. The van der Waals surface area contributed by atoms with Crippen LogP contribution in [0.15, 0.2) is 84.9 Å². The van der Waals surface area contributed by atoms with Crippen LogP contribution in [0.2, 0.25) is 0 Å². The van der Waals surface area contributed by atoms with Crippen LogP contribution in [-0.4, -0.2) is 69.8 Å². The third-order valence-electron chi connectivity index (χ3n) is 9.56. The Morgan fingerprint density at radius 3 is 2.14 bits per heavy atom. The number of thioether (sulfide) groups is 1. The molecule has 3 aromatic rings. The van der Waals surface area contributed by atoms with Crippen LogP contribution in [0.5, 0.6) is 0 Å². The van der Waals surface area contributed by atoms with Gasteiger partial charge in [-0.1, -0.05) is 111 Å². The summed E-state index contributed by atoms with van der Waals surface area (Å²) in [6, 6.07) is 24.0. The Kier molecular flexibility index (Phi) is 12.9. The average molecular weight is 729 g/mol. The quantitative estimate of drug-likeness (QED) is 0.167. The first-order chi connectivity index (χ1) is 24.5. The van der Waals surface area contributed by atoms with Crippen LogP contribution >= 0.6 is 24.0 Å². The number of thiocarbonyl (C=S) groups is 1. The van der Waals surface area contributed by atoms with E-state index in [1.165, 1.54) is 0 Å². The molecule has 3 aromatic carbocycles. The molecule has 2 heterocycles. The third-order valence-corrected chi connectivity index (χ3v) is 11.3. The van der Waals surface area contributed by atoms with E-state index in [0.717, 1.165) is 22.4 Å². The molecule has 5 rings (SSSR count). The number of nitrogens with one attached hydrogen (secondary N) is 5. The molecule has 0 saturated carbocycles. The number of likely N-dealkylation sites (N-methyl/N-ethyl adjacent to an activating group) is 1. The van der Waals surface area contributed by atoms with E-state index >= 15 is 0 Å². The summed E-state index contributed by atoms with van der Waals surface area (Å²) in [6.45, 7) is 6.59. The zero-order chi connectivity index (χ0) is 36.5. The van der Waals surface area contributed by atoms with E-state index in [9.17, 15) is 19.2 Å². The monoisotopic (exact) mass is 728 g/mol. The van der Waals surface area contributed by atoms with Crippen molar-refractivity contribution < 1.29 is 19.2 Å². The van der Waals surface area contributed by atoms with E-state index < -0.39 is 23.5 Å². The predicted octanol–water partition coefficient (Wildman–Crippen LogP) is 4.00. The summed E-state index contributed by atoms with van der Waals surface area (Å²) in [6.07, 6.45) is 1.57. The number of carbonyl (C=O) groups excluding carboxylic acids is 4. The average Bonchev–Trinajstić information content (AvgIpc) is 3.33.